The van der Waals surface area contributed by atoms with Crippen LogP contribution < -0.4 is 0 Å². The van der Waals surface area contributed by atoms with Crippen LogP contribution in [0.15, 0.2) is 0 Å². The van der Waals surface area contributed by atoms with Crippen LogP contribution in [0.5, 0.6) is 0 Å². The van der Waals surface area contributed by atoms with E-state index in [0.717, 1.165) is 12.8 Å². The third-order valence-corrected chi connectivity index (χ3v) is 5.79. The van der Waals surface area contributed by atoms with Gasteiger partial charge in [-0.3, -0.25) is 0 Å². The van der Waals surface area contributed by atoms with Crippen molar-refractivity contribution in [1.29, 1.82) is 0 Å². The molecule has 0 amide bonds. The summed E-state index contributed by atoms with van der Waals surface area (Å²) < 4.78 is 11.9. The maximum Gasteiger partial charge on any atom is 0.0684 e. The first-order chi connectivity index (χ1) is 9.24. The molecule has 0 bridgehead atoms. The average Bonchev–Trinajstić information content (AvgIpc) is 2.48. The highest BCUT2D eigenvalue weighted by molar-refractivity contribution is 5.05. The summed E-state index contributed by atoms with van der Waals surface area (Å²) in [5.74, 6) is 0. The molecule has 110 valence electrons. The Morgan fingerprint density at radius 2 is 1.68 bits per heavy atom. The zero-order valence-corrected chi connectivity index (χ0v) is 12.1. The fraction of sp³-hybridized carbons (Fsp3) is 1.00. The largest absolute Gasteiger partial charge is 0.392 e. The second-order valence-electron chi connectivity index (χ2n) is 6.82. The minimum atomic E-state index is -0.111. The summed E-state index contributed by atoms with van der Waals surface area (Å²) in [5.41, 5.74) is 0.109. The summed E-state index contributed by atoms with van der Waals surface area (Å²) in [7, 11) is 1.81. The number of ether oxygens (including phenoxy) is 2. The van der Waals surface area contributed by atoms with Gasteiger partial charge >= 0.3 is 0 Å². The molecule has 3 saturated carbocycles. The Morgan fingerprint density at radius 1 is 0.947 bits per heavy atom. The Hall–Kier alpha value is -0.120. The van der Waals surface area contributed by atoms with Crippen LogP contribution >= 0.6 is 0 Å². The quantitative estimate of drug-likeness (QED) is 0.855. The van der Waals surface area contributed by atoms with E-state index in [1.165, 1.54) is 51.4 Å². The fourth-order valence-corrected chi connectivity index (χ4v) is 4.45. The van der Waals surface area contributed by atoms with Crippen molar-refractivity contribution in [2.75, 3.05) is 7.11 Å². The lowest BCUT2D eigenvalue weighted by Crippen LogP contribution is -2.60. The van der Waals surface area contributed by atoms with Crippen LogP contribution in [0.1, 0.15) is 64.2 Å². The van der Waals surface area contributed by atoms with Crippen LogP contribution in [-0.2, 0) is 9.47 Å². The predicted molar refractivity (Wildman–Crippen MR) is 74.1 cm³/mol. The van der Waals surface area contributed by atoms with Crippen LogP contribution in [-0.4, -0.2) is 36.6 Å². The van der Waals surface area contributed by atoms with Gasteiger partial charge in [-0.05, 0) is 38.5 Å². The summed E-state index contributed by atoms with van der Waals surface area (Å²) in [5, 5.41) is 10.2. The lowest BCUT2D eigenvalue weighted by molar-refractivity contribution is -0.229. The van der Waals surface area contributed by atoms with Crippen molar-refractivity contribution >= 4 is 0 Å². The molecular formula is C16H28O3. The normalized spacial score (nSPS) is 42.0. The number of hydrogen-bond acceptors (Lipinski definition) is 3. The van der Waals surface area contributed by atoms with Crippen LogP contribution in [0.25, 0.3) is 0 Å². The lowest BCUT2D eigenvalue weighted by Gasteiger charge is -2.56. The summed E-state index contributed by atoms with van der Waals surface area (Å²) in [6.45, 7) is 0. The van der Waals surface area contributed by atoms with Gasteiger partial charge in [0.2, 0.25) is 0 Å². The number of rotatable bonds is 3. The summed E-state index contributed by atoms with van der Waals surface area (Å²) in [6, 6.07) is 0. The van der Waals surface area contributed by atoms with E-state index >= 15 is 0 Å². The molecule has 3 aliphatic carbocycles. The van der Waals surface area contributed by atoms with Crippen LogP contribution in [0, 0.1) is 5.41 Å². The van der Waals surface area contributed by atoms with E-state index in [-0.39, 0.29) is 11.5 Å². The van der Waals surface area contributed by atoms with Crippen LogP contribution in [0.4, 0.5) is 0 Å². The standard InChI is InChI=1S/C16H28O3/c1-18-12-6-5-7-13(10-12)19-15-11-14(17)16(15)8-3-2-4-9-16/h12-15,17H,2-11H2,1H3. The third-order valence-electron chi connectivity index (χ3n) is 5.79. The molecule has 0 aromatic heterocycles. The van der Waals surface area contributed by atoms with Crippen LogP contribution in [0.3, 0.4) is 0 Å². The lowest BCUT2D eigenvalue weighted by atomic mass is 9.56. The van der Waals surface area contributed by atoms with Gasteiger partial charge in [0.1, 0.15) is 0 Å². The monoisotopic (exact) mass is 268 g/mol. The van der Waals surface area contributed by atoms with Crippen molar-refractivity contribution < 1.29 is 14.6 Å². The van der Waals surface area contributed by atoms with Gasteiger partial charge in [0.25, 0.3) is 0 Å². The van der Waals surface area contributed by atoms with Gasteiger partial charge in [0.05, 0.1) is 24.4 Å². The Balaban J connectivity index is 1.57. The first-order valence-corrected chi connectivity index (χ1v) is 8.11. The Kier molecular flexibility index (Phi) is 4.16. The maximum absolute atomic E-state index is 10.2. The minimum Gasteiger partial charge on any atom is -0.392 e. The number of hydrogen-bond donors (Lipinski definition) is 1. The van der Waals surface area contributed by atoms with Gasteiger partial charge < -0.3 is 14.6 Å². The molecule has 19 heavy (non-hydrogen) atoms. The molecule has 0 saturated heterocycles. The molecule has 3 nitrogen and oxygen atoms in total. The molecule has 0 heterocycles. The van der Waals surface area contributed by atoms with E-state index in [1.54, 1.807) is 0 Å². The molecule has 3 aliphatic rings. The van der Waals surface area contributed by atoms with Crippen LogP contribution in [0.2, 0.25) is 0 Å². The summed E-state index contributed by atoms with van der Waals surface area (Å²) >= 11 is 0. The van der Waals surface area contributed by atoms with Gasteiger partial charge in [-0.1, -0.05) is 19.3 Å². The Bertz CT molecular complexity index is 298. The zero-order chi connectivity index (χ0) is 13.3. The highest BCUT2D eigenvalue weighted by atomic mass is 16.5. The third kappa shape index (κ3) is 2.57. The molecule has 4 atom stereocenters. The number of aliphatic hydroxyl groups is 1. The molecular weight excluding hydrogens is 240 g/mol. The summed E-state index contributed by atoms with van der Waals surface area (Å²) in [6.07, 6.45) is 12.6. The highest BCUT2D eigenvalue weighted by Gasteiger charge is 2.55. The van der Waals surface area contributed by atoms with E-state index in [9.17, 15) is 5.11 Å². The van der Waals surface area contributed by atoms with Crippen molar-refractivity contribution in [2.45, 2.75) is 88.6 Å². The molecule has 3 heteroatoms. The van der Waals surface area contributed by atoms with Gasteiger partial charge in [-0.25, -0.2) is 0 Å². The van der Waals surface area contributed by atoms with Gasteiger partial charge in [-0.15, -0.1) is 0 Å². The number of methoxy groups -OCH3 is 1. The molecule has 0 radical (unpaired) electrons. The molecule has 1 N–H and O–H groups in total. The SMILES string of the molecule is COC1CCCC(OC2CC(O)C23CCCCC3)C1. The molecule has 3 rings (SSSR count). The van der Waals surface area contributed by atoms with Crippen molar-refractivity contribution in [3.63, 3.8) is 0 Å². The van der Waals surface area contributed by atoms with E-state index in [4.69, 9.17) is 9.47 Å². The van der Waals surface area contributed by atoms with E-state index in [1.807, 2.05) is 7.11 Å². The maximum atomic E-state index is 10.2. The first-order valence-electron chi connectivity index (χ1n) is 8.11. The molecule has 0 aromatic rings. The first kappa shape index (κ1) is 13.8. The van der Waals surface area contributed by atoms with Gasteiger partial charge in [0, 0.05) is 18.9 Å². The topological polar surface area (TPSA) is 38.7 Å². The highest BCUT2D eigenvalue weighted by Crippen LogP contribution is 2.54. The molecule has 1 spiro atoms. The zero-order valence-electron chi connectivity index (χ0n) is 12.1. The molecule has 3 fully saturated rings. The summed E-state index contributed by atoms with van der Waals surface area (Å²) in [4.78, 5) is 0. The molecule has 0 aromatic carbocycles. The van der Waals surface area contributed by atoms with E-state index in [0.29, 0.717) is 18.3 Å². The number of aliphatic hydroxyl groups excluding tert-OH is 1. The second kappa shape index (κ2) is 5.71. The van der Waals surface area contributed by atoms with Crippen molar-refractivity contribution in [3.05, 3.63) is 0 Å². The van der Waals surface area contributed by atoms with Crippen molar-refractivity contribution in [2.24, 2.45) is 5.41 Å². The van der Waals surface area contributed by atoms with E-state index in [2.05, 4.69) is 0 Å². The Morgan fingerprint density at radius 3 is 2.37 bits per heavy atom. The van der Waals surface area contributed by atoms with Gasteiger partial charge in [0.15, 0.2) is 0 Å². The predicted octanol–water partition coefficient (Wildman–Crippen LogP) is 3.04. The average molecular weight is 268 g/mol. The van der Waals surface area contributed by atoms with Crippen molar-refractivity contribution in [3.8, 4) is 0 Å². The van der Waals surface area contributed by atoms with Gasteiger partial charge in [-0.2, -0.15) is 0 Å². The second-order valence-corrected chi connectivity index (χ2v) is 6.82. The van der Waals surface area contributed by atoms with Crippen molar-refractivity contribution in [1.82, 2.24) is 0 Å². The molecule has 4 unspecified atom stereocenters. The van der Waals surface area contributed by atoms with E-state index < -0.39 is 0 Å². The molecule has 0 aliphatic heterocycles. The smallest absolute Gasteiger partial charge is 0.0684 e. The fourth-order valence-electron chi connectivity index (χ4n) is 4.45. The minimum absolute atomic E-state index is 0.109. The Labute approximate surface area is 116 Å².